The van der Waals surface area contributed by atoms with Crippen LogP contribution in [0.1, 0.15) is 12.5 Å². The maximum Gasteiger partial charge on any atom is 0.242 e. The van der Waals surface area contributed by atoms with Crippen LogP contribution in [0.25, 0.3) is 0 Å². The number of amides is 1. The minimum Gasteiger partial charge on any atom is -0.375 e. The standard InChI is InChI=1S/C10H13N3OS/c1-7-3-5-9(6-4-7)13(8(2)14)12-10(11)15/h3-6H,1-2H3,(H3,11,12,15). The van der Waals surface area contributed by atoms with E-state index in [1.54, 1.807) is 0 Å². The van der Waals surface area contributed by atoms with Gasteiger partial charge in [0.15, 0.2) is 5.11 Å². The second kappa shape index (κ2) is 4.75. The van der Waals surface area contributed by atoms with Crippen molar-refractivity contribution in [1.82, 2.24) is 5.43 Å². The molecule has 0 aliphatic carbocycles. The van der Waals surface area contributed by atoms with Crippen LogP contribution in [0, 0.1) is 6.92 Å². The van der Waals surface area contributed by atoms with Crippen LogP contribution in [0.4, 0.5) is 5.69 Å². The lowest BCUT2D eigenvalue weighted by Crippen LogP contribution is -2.47. The summed E-state index contributed by atoms with van der Waals surface area (Å²) in [5.74, 6) is -0.174. The van der Waals surface area contributed by atoms with Crippen molar-refractivity contribution in [3.05, 3.63) is 29.8 Å². The summed E-state index contributed by atoms with van der Waals surface area (Å²) in [5.41, 5.74) is 9.76. The van der Waals surface area contributed by atoms with Crippen LogP contribution in [0.3, 0.4) is 0 Å². The number of nitrogens with one attached hydrogen (secondary N) is 1. The Morgan fingerprint density at radius 2 is 1.93 bits per heavy atom. The van der Waals surface area contributed by atoms with Crippen LogP contribution in [-0.2, 0) is 4.79 Å². The molecule has 0 aliphatic heterocycles. The van der Waals surface area contributed by atoms with Crippen LogP contribution >= 0.6 is 12.2 Å². The Hall–Kier alpha value is -1.62. The van der Waals surface area contributed by atoms with Gasteiger partial charge in [0.1, 0.15) is 0 Å². The average Bonchev–Trinajstić information content (AvgIpc) is 2.15. The summed E-state index contributed by atoms with van der Waals surface area (Å²) in [5, 5.41) is 1.37. The van der Waals surface area contributed by atoms with Crippen molar-refractivity contribution in [2.75, 3.05) is 5.01 Å². The van der Waals surface area contributed by atoms with Crippen LogP contribution in [0.5, 0.6) is 0 Å². The largest absolute Gasteiger partial charge is 0.375 e. The Labute approximate surface area is 94.0 Å². The molecule has 0 aliphatic rings. The molecule has 1 aromatic rings. The molecule has 0 unspecified atom stereocenters. The molecule has 0 bridgehead atoms. The lowest BCUT2D eigenvalue weighted by molar-refractivity contribution is -0.116. The number of anilines is 1. The molecule has 0 radical (unpaired) electrons. The zero-order valence-electron chi connectivity index (χ0n) is 8.65. The van der Waals surface area contributed by atoms with Crippen LogP contribution < -0.4 is 16.2 Å². The molecule has 0 atom stereocenters. The maximum atomic E-state index is 11.3. The predicted molar refractivity (Wildman–Crippen MR) is 64.3 cm³/mol. The number of nitrogens with two attached hydrogens (primary N) is 1. The highest BCUT2D eigenvalue weighted by Gasteiger charge is 2.10. The van der Waals surface area contributed by atoms with Gasteiger partial charge in [-0.25, -0.2) is 5.01 Å². The van der Waals surface area contributed by atoms with Gasteiger partial charge in [-0.2, -0.15) is 0 Å². The summed E-state index contributed by atoms with van der Waals surface area (Å²) in [6.45, 7) is 3.41. The number of thiocarbonyl (C=S) groups is 1. The summed E-state index contributed by atoms with van der Waals surface area (Å²) in [4.78, 5) is 11.3. The first kappa shape index (κ1) is 11.5. The van der Waals surface area contributed by atoms with Gasteiger partial charge < -0.3 is 5.73 Å². The fourth-order valence-corrected chi connectivity index (χ4v) is 1.22. The van der Waals surface area contributed by atoms with Crippen molar-refractivity contribution < 1.29 is 4.79 Å². The van der Waals surface area contributed by atoms with Gasteiger partial charge in [-0.1, -0.05) is 17.7 Å². The quantitative estimate of drug-likeness (QED) is 0.553. The molecule has 4 nitrogen and oxygen atoms in total. The van der Waals surface area contributed by atoms with E-state index in [2.05, 4.69) is 17.6 Å². The summed E-state index contributed by atoms with van der Waals surface area (Å²) in [6.07, 6.45) is 0. The Balaban J connectivity index is 2.94. The molecule has 0 heterocycles. The van der Waals surface area contributed by atoms with Gasteiger partial charge in [0, 0.05) is 6.92 Å². The summed E-state index contributed by atoms with van der Waals surface area (Å²) < 4.78 is 0. The second-order valence-electron chi connectivity index (χ2n) is 3.17. The Morgan fingerprint density at radius 1 is 1.40 bits per heavy atom. The van der Waals surface area contributed by atoms with Crippen LogP contribution in [0.2, 0.25) is 0 Å². The third kappa shape index (κ3) is 3.21. The monoisotopic (exact) mass is 223 g/mol. The van der Waals surface area contributed by atoms with Crippen molar-refractivity contribution in [3.8, 4) is 0 Å². The van der Waals surface area contributed by atoms with E-state index < -0.39 is 0 Å². The van der Waals surface area contributed by atoms with Crippen molar-refractivity contribution in [3.63, 3.8) is 0 Å². The molecule has 1 aromatic carbocycles. The zero-order chi connectivity index (χ0) is 11.4. The van der Waals surface area contributed by atoms with Gasteiger partial charge in [0.25, 0.3) is 0 Å². The number of benzene rings is 1. The molecule has 0 saturated heterocycles. The van der Waals surface area contributed by atoms with Crippen molar-refractivity contribution in [1.29, 1.82) is 0 Å². The van der Waals surface area contributed by atoms with Gasteiger partial charge in [0.2, 0.25) is 5.91 Å². The number of carbonyl (C=O) groups is 1. The van der Waals surface area contributed by atoms with Gasteiger partial charge in [-0.05, 0) is 31.3 Å². The topological polar surface area (TPSA) is 58.4 Å². The normalized spacial score (nSPS) is 9.47. The molecular weight excluding hydrogens is 210 g/mol. The van der Waals surface area contributed by atoms with Crippen molar-refractivity contribution in [2.24, 2.45) is 5.73 Å². The fraction of sp³-hybridized carbons (Fsp3) is 0.200. The van der Waals surface area contributed by atoms with E-state index in [0.717, 1.165) is 5.56 Å². The lowest BCUT2D eigenvalue weighted by atomic mass is 10.2. The molecule has 0 saturated carbocycles. The Kier molecular flexibility index (Phi) is 3.62. The smallest absolute Gasteiger partial charge is 0.242 e. The number of hydrogen-bond acceptors (Lipinski definition) is 2. The molecule has 15 heavy (non-hydrogen) atoms. The van der Waals surface area contributed by atoms with Crippen LogP contribution in [-0.4, -0.2) is 11.0 Å². The third-order valence-corrected chi connectivity index (χ3v) is 1.92. The highest BCUT2D eigenvalue weighted by atomic mass is 32.1. The first-order valence-corrected chi connectivity index (χ1v) is 4.85. The summed E-state index contributed by atoms with van der Waals surface area (Å²) in [6, 6.07) is 7.46. The minimum absolute atomic E-state index is 0.0609. The molecule has 0 aromatic heterocycles. The number of aryl methyl sites for hydroxylation is 1. The van der Waals surface area contributed by atoms with E-state index in [1.807, 2.05) is 31.2 Å². The number of hydrogen-bond donors (Lipinski definition) is 2. The van der Waals surface area contributed by atoms with E-state index in [1.165, 1.54) is 11.9 Å². The average molecular weight is 223 g/mol. The van der Waals surface area contributed by atoms with E-state index >= 15 is 0 Å². The molecule has 3 N–H and O–H groups in total. The molecule has 0 spiro atoms. The minimum atomic E-state index is -0.174. The fourth-order valence-electron chi connectivity index (χ4n) is 1.13. The molecule has 0 fully saturated rings. The van der Waals surface area contributed by atoms with Gasteiger partial charge >= 0.3 is 0 Å². The number of hydrazine groups is 1. The molecule has 5 heteroatoms. The summed E-state index contributed by atoms with van der Waals surface area (Å²) >= 11 is 4.69. The Morgan fingerprint density at radius 3 is 2.33 bits per heavy atom. The zero-order valence-corrected chi connectivity index (χ0v) is 9.47. The van der Waals surface area contributed by atoms with Gasteiger partial charge in [-0.15, -0.1) is 0 Å². The summed E-state index contributed by atoms with van der Waals surface area (Å²) in [7, 11) is 0. The second-order valence-corrected chi connectivity index (χ2v) is 3.61. The van der Waals surface area contributed by atoms with E-state index in [-0.39, 0.29) is 11.0 Å². The number of rotatable bonds is 1. The van der Waals surface area contributed by atoms with Crippen molar-refractivity contribution >= 4 is 28.9 Å². The van der Waals surface area contributed by atoms with Gasteiger partial charge in [-0.3, -0.25) is 10.2 Å². The first-order valence-electron chi connectivity index (χ1n) is 4.44. The first-order chi connectivity index (χ1) is 7.00. The maximum absolute atomic E-state index is 11.3. The Bertz CT molecular complexity index is 375. The molecule has 80 valence electrons. The van der Waals surface area contributed by atoms with E-state index in [0.29, 0.717) is 5.69 Å². The SMILES string of the molecule is CC(=O)N(NC(N)=S)c1ccc(C)cc1. The predicted octanol–water partition coefficient (Wildman–Crippen LogP) is 1.10. The molecular formula is C10H13N3OS. The van der Waals surface area contributed by atoms with E-state index in [4.69, 9.17) is 5.73 Å². The third-order valence-electron chi connectivity index (χ3n) is 1.83. The molecule has 1 rings (SSSR count). The number of carbonyl (C=O) groups excluding carboxylic acids is 1. The molecule has 1 amide bonds. The lowest BCUT2D eigenvalue weighted by Gasteiger charge is -2.21. The van der Waals surface area contributed by atoms with Crippen LogP contribution in [0.15, 0.2) is 24.3 Å². The highest BCUT2D eigenvalue weighted by molar-refractivity contribution is 7.80. The van der Waals surface area contributed by atoms with Crippen molar-refractivity contribution in [2.45, 2.75) is 13.8 Å². The number of nitrogens with zero attached hydrogens (tertiary/aromatic N) is 1. The highest BCUT2D eigenvalue weighted by Crippen LogP contribution is 2.13. The van der Waals surface area contributed by atoms with Gasteiger partial charge in [0.05, 0.1) is 5.69 Å². The van der Waals surface area contributed by atoms with E-state index in [9.17, 15) is 4.79 Å².